The summed E-state index contributed by atoms with van der Waals surface area (Å²) in [5, 5.41) is 9.88. The number of aliphatic carboxylic acids is 1. The van der Waals surface area contributed by atoms with E-state index in [-0.39, 0.29) is 18.2 Å². The maximum Gasteiger partial charge on any atom is 0.303 e. The number of carbonyl (C=O) groups is 2. The zero-order valence-electron chi connectivity index (χ0n) is 12.6. The molecule has 2 heterocycles. The number of hydrogen-bond donors (Lipinski definition) is 2. The molecule has 1 saturated heterocycles. The van der Waals surface area contributed by atoms with Crippen LogP contribution in [0.4, 0.5) is 0 Å². The minimum Gasteiger partial charge on any atom is -0.481 e. The standard InChI is InChI=1S/C17H20N2O3/c1-11-2-3-14-13(8-11)10-15(18-14)17(22)19-6-4-12(5-7-19)9-16(20)21/h2-3,8,10,12,18H,4-7,9H2,1H3,(H,20,21). The predicted octanol–water partition coefficient (Wildman–Crippen LogP) is 2.80. The number of hydrogen-bond acceptors (Lipinski definition) is 2. The lowest BCUT2D eigenvalue weighted by atomic mass is 9.93. The highest BCUT2D eigenvalue weighted by atomic mass is 16.4. The first-order valence-electron chi connectivity index (χ1n) is 7.63. The molecule has 5 heteroatoms. The number of nitrogens with one attached hydrogen (secondary N) is 1. The minimum absolute atomic E-state index is 0.00243. The molecule has 1 aliphatic heterocycles. The minimum atomic E-state index is -0.754. The smallest absolute Gasteiger partial charge is 0.303 e. The van der Waals surface area contributed by atoms with Gasteiger partial charge < -0.3 is 15.0 Å². The molecule has 2 aromatic rings. The highest BCUT2D eigenvalue weighted by Crippen LogP contribution is 2.23. The second kappa shape index (κ2) is 5.83. The Morgan fingerprint density at radius 1 is 1.27 bits per heavy atom. The van der Waals surface area contributed by atoms with E-state index in [9.17, 15) is 9.59 Å². The number of aryl methyl sites for hydroxylation is 1. The lowest BCUT2D eigenvalue weighted by Gasteiger charge is -2.31. The number of aromatic nitrogens is 1. The molecule has 1 aromatic heterocycles. The van der Waals surface area contributed by atoms with Crippen molar-refractivity contribution < 1.29 is 14.7 Å². The number of aromatic amines is 1. The fraction of sp³-hybridized carbons (Fsp3) is 0.412. The van der Waals surface area contributed by atoms with Gasteiger partial charge in [-0.1, -0.05) is 11.6 Å². The Labute approximate surface area is 128 Å². The van der Waals surface area contributed by atoms with Gasteiger partial charge in [0.2, 0.25) is 0 Å². The van der Waals surface area contributed by atoms with Crippen molar-refractivity contribution in [1.29, 1.82) is 0 Å². The van der Waals surface area contributed by atoms with Gasteiger partial charge in [-0.2, -0.15) is 0 Å². The summed E-state index contributed by atoms with van der Waals surface area (Å²) >= 11 is 0. The van der Waals surface area contributed by atoms with Crippen molar-refractivity contribution in [3.63, 3.8) is 0 Å². The number of fused-ring (bicyclic) bond motifs is 1. The molecule has 5 nitrogen and oxygen atoms in total. The number of rotatable bonds is 3. The number of H-pyrrole nitrogens is 1. The Morgan fingerprint density at radius 3 is 2.68 bits per heavy atom. The summed E-state index contributed by atoms with van der Waals surface area (Å²) in [4.78, 5) is 28.3. The van der Waals surface area contributed by atoms with Gasteiger partial charge >= 0.3 is 5.97 Å². The van der Waals surface area contributed by atoms with Gasteiger partial charge in [0.05, 0.1) is 0 Å². The van der Waals surface area contributed by atoms with Crippen molar-refractivity contribution >= 4 is 22.8 Å². The van der Waals surface area contributed by atoms with E-state index in [0.717, 1.165) is 23.7 Å². The third-order valence-corrected chi connectivity index (χ3v) is 4.37. The summed E-state index contributed by atoms with van der Waals surface area (Å²) in [6.45, 7) is 3.29. The van der Waals surface area contributed by atoms with Crippen LogP contribution < -0.4 is 0 Å². The van der Waals surface area contributed by atoms with Crippen molar-refractivity contribution in [2.45, 2.75) is 26.2 Å². The van der Waals surface area contributed by atoms with Crippen molar-refractivity contribution in [2.24, 2.45) is 5.92 Å². The van der Waals surface area contributed by atoms with E-state index in [4.69, 9.17) is 5.11 Å². The van der Waals surface area contributed by atoms with Crippen molar-refractivity contribution in [1.82, 2.24) is 9.88 Å². The lowest BCUT2D eigenvalue weighted by molar-refractivity contribution is -0.138. The number of carboxylic acids is 1. The molecule has 2 N–H and O–H groups in total. The van der Waals surface area contributed by atoms with Crippen LogP contribution in [0.25, 0.3) is 10.9 Å². The van der Waals surface area contributed by atoms with E-state index < -0.39 is 5.97 Å². The zero-order chi connectivity index (χ0) is 15.7. The molecular formula is C17H20N2O3. The van der Waals surface area contributed by atoms with Gasteiger partial charge in [-0.25, -0.2) is 0 Å². The van der Waals surface area contributed by atoms with E-state index in [1.54, 1.807) is 0 Å². The molecule has 1 aliphatic rings. The van der Waals surface area contributed by atoms with E-state index in [0.29, 0.717) is 18.8 Å². The number of nitrogens with zero attached hydrogens (tertiary/aromatic N) is 1. The number of amides is 1. The number of carboxylic acid groups (broad SMARTS) is 1. The second-order valence-electron chi connectivity index (χ2n) is 6.11. The van der Waals surface area contributed by atoms with Crippen LogP contribution in [-0.2, 0) is 4.79 Å². The first-order valence-corrected chi connectivity index (χ1v) is 7.63. The van der Waals surface area contributed by atoms with Crippen LogP contribution in [0.5, 0.6) is 0 Å². The fourth-order valence-electron chi connectivity index (χ4n) is 3.12. The van der Waals surface area contributed by atoms with Crippen LogP contribution in [0, 0.1) is 12.8 Å². The summed E-state index contributed by atoms with van der Waals surface area (Å²) in [6, 6.07) is 7.96. The Morgan fingerprint density at radius 2 is 2.00 bits per heavy atom. The molecule has 0 saturated carbocycles. The molecule has 0 spiro atoms. The van der Waals surface area contributed by atoms with E-state index >= 15 is 0 Å². The average Bonchev–Trinajstić information content (AvgIpc) is 2.89. The molecule has 1 amide bonds. The van der Waals surface area contributed by atoms with Crippen molar-refractivity contribution in [3.8, 4) is 0 Å². The maximum absolute atomic E-state index is 12.6. The summed E-state index contributed by atoms with van der Waals surface area (Å²) in [7, 11) is 0. The highest BCUT2D eigenvalue weighted by Gasteiger charge is 2.25. The third-order valence-electron chi connectivity index (χ3n) is 4.37. The van der Waals surface area contributed by atoms with Crippen molar-refractivity contribution in [3.05, 3.63) is 35.5 Å². The molecule has 0 radical (unpaired) electrons. The topological polar surface area (TPSA) is 73.4 Å². The molecule has 3 rings (SSSR count). The van der Waals surface area contributed by atoms with Gasteiger partial charge in [0, 0.05) is 30.4 Å². The molecule has 1 fully saturated rings. The summed E-state index contributed by atoms with van der Waals surface area (Å²) in [5.41, 5.74) is 2.74. The number of carbonyl (C=O) groups excluding carboxylic acids is 1. The van der Waals surface area contributed by atoms with E-state index in [1.807, 2.05) is 30.0 Å². The average molecular weight is 300 g/mol. The first kappa shape index (κ1) is 14.6. The number of benzene rings is 1. The van der Waals surface area contributed by atoms with Crippen LogP contribution in [0.1, 0.15) is 35.3 Å². The van der Waals surface area contributed by atoms with Gasteiger partial charge in [0.15, 0.2) is 0 Å². The Balaban J connectivity index is 1.69. The van der Waals surface area contributed by atoms with Crippen LogP contribution >= 0.6 is 0 Å². The largest absolute Gasteiger partial charge is 0.481 e. The van der Waals surface area contributed by atoms with Crippen molar-refractivity contribution in [2.75, 3.05) is 13.1 Å². The zero-order valence-corrected chi connectivity index (χ0v) is 12.6. The Bertz CT molecular complexity index is 712. The van der Waals surface area contributed by atoms with Gasteiger partial charge in [-0.3, -0.25) is 9.59 Å². The van der Waals surface area contributed by atoms with Gasteiger partial charge in [0.25, 0.3) is 5.91 Å². The summed E-state index contributed by atoms with van der Waals surface area (Å²) in [6.07, 6.45) is 1.72. The lowest BCUT2D eigenvalue weighted by Crippen LogP contribution is -2.39. The van der Waals surface area contributed by atoms with Gasteiger partial charge in [0.1, 0.15) is 5.69 Å². The number of piperidine rings is 1. The normalized spacial score (nSPS) is 16.1. The van der Waals surface area contributed by atoms with E-state index in [1.165, 1.54) is 5.56 Å². The predicted molar refractivity (Wildman–Crippen MR) is 83.9 cm³/mol. The molecule has 22 heavy (non-hydrogen) atoms. The third kappa shape index (κ3) is 2.98. The second-order valence-corrected chi connectivity index (χ2v) is 6.11. The molecular weight excluding hydrogens is 280 g/mol. The quantitative estimate of drug-likeness (QED) is 0.915. The Hall–Kier alpha value is -2.30. The van der Waals surface area contributed by atoms with Gasteiger partial charge in [-0.15, -0.1) is 0 Å². The molecule has 0 atom stereocenters. The monoisotopic (exact) mass is 300 g/mol. The van der Waals surface area contributed by atoms with Gasteiger partial charge in [-0.05, 0) is 43.9 Å². The molecule has 0 bridgehead atoms. The summed E-state index contributed by atoms with van der Waals surface area (Å²) < 4.78 is 0. The van der Waals surface area contributed by atoms with Crippen LogP contribution in [0.2, 0.25) is 0 Å². The molecule has 116 valence electrons. The Kier molecular flexibility index (Phi) is 3.88. The fourth-order valence-corrected chi connectivity index (χ4v) is 3.12. The highest BCUT2D eigenvalue weighted by molar-refractivity contribution is 5.98. The SMILES string of the molecule is Cc1ccc2[nH]c(C(=O)N3CCC(CC(=O)O)CC3)cc2c1. The first-order chi connectivity index (χ1) is 10.5. The van der Waals surface area contributed by atoms with Crippen LogP contribution in [0.3, 0.4) is 0 Å². The molecule has 0 aliphatic carbocycles. The maximum atomic E-state index is 12.6. The summed E-state index contributed by atoms with van der Waals surface area (Å²) in [5.74, 6) is -0.565. The van der Waals surface area contributed by atoms with Crippen LogP contribution in [-0.4, -0.2) is 40.0 Å². The van der Waals surface area contributed by atoms with Crippen LogP contribution in [0.15, 0.2) is 24.3 Å². The van der Waals surface area contributed by atoms with E-state index in [2.05, 4.69) is 11.1 Å². The molecule has 0 unspecified atom stereocenters. The number of likely N-dealkylation sites (tertiary alicyclic amines) is 1. The molecule has 1 aromatic carbocycles.